The van der Waals surface area contributed by atoms with Crippen molar-refractivity contribution >= 4 is 21.8 Å². The third kappa shape index (κ3) is 2.05. The number of nitrogens with two attached hydrogens (primary N) is 1. The number of benzene rings is 1. The van der Waals surface area contributed by atoms with Gasteiger partial charge in [0.2, 0.25) is 0 Å². The highest BCUT2D eigenvalue weighted by Gasteiger charge is 1.95. The van der Waals surface area contributed by atoms with Gasteiger partial charge in [-0.3, -0.25) is 4.99 Å². The van der Waals surface area contributed by atoms with Crippen LogP contribution in [-0.4, -0.2) is 12.9 Å². The Hall–Kier alpha value is -0.830. The summed E-state index contributed by atoms with van der Waals surface area (Å²) in [5.74, 6) is 0.561. The van der Waals surface area contributed by atoms with Gasteiger partial charge in [0, 0.05) is 17.1 Å². The second-order valence-corrected chi connectivity index (χ2v) is 3.03. The van der Waals surface area contributed by atoms with Crippen LogP contribution in [0, 0.1) is 0 Å². The third-order valence-corrected chi connectivity index (χ3v) is 1.85. The van der Waals surface area contributed by atoms with Crippen molar-refractivity contribution in [3.63, 3.8) is 0 Å². The fourth-order valence-electron chi connectivity index (χ4n) is 0.777. The summed E-state index contributed by atoms with van der Waals surface area (Å²) in [6.45, 7) is 0. The quantitative estimate of drug-likeness (QED) is 0.560. The van der Waals surface area contributed by atoms with E-state index >= 15 is 0 Å². The molecule has 1 rings (SSSR count). The second kappa shape index (κ2) is 3.53. The highest BCUT2D eigenvalue weighted by atomic mass is 79.9. The zero-order valence-corrected chi connectivity index (χ0v) is 7.80. The molecule has 0 radical (unpaired) electrons. The Morgan fingerprint density at radius 3 is 2.82 bits per heavy atom. The van der Waals surface area contributed by atoms with Gasteiger partial charge in [-0.05, 0) is 12.1 Å². The first kappa shape index (κ1) is 8.27. The average molecular weight is 213 g/mol. The lowest BCUT2D eigenvalue weighted by Crippen LogP contribution is -2.12. The monoisotopic (exact) mass is 212 g/mol. The molecule has 11 heavy (non-hydrogen) atoms. The molecule has 2 N–H and O–H groups in total. The number of nitrogens with zero attached hydrogens (tertiary/aromatic N) is 1. The van der Waals surface area contributed by atoms with E-state index in [1.54, 1.807) is 7.05 Å². The van der Waals surface area contributed by atoms with E-state index in [1.807, 2.05) is 24.3 Å². The molecule has 0 aliphatic rings. The van der Waals surface area contributed by atoms with Crippen LogP contribution >= 0.6 is 15.9 Å². The summed E-state index contributed by atoms with van der Waals surface area (Å²) in [7, 11) is 1.68. The summed E-state index contributed by atoms with van der Waals surface area (Å²) in [5, 5.41) is 0. The van der Waals surface area contributed by atoms with Crippen LogP contribution in [0.2, 0.25) is 0 Å². The van der Waals surface area contributed by atoms with Gasteiger partial charge >= 0.3 is 0 Å². The number of aliphatic imine (C=N–C) groups is 1. The lowest BCUT2D eigenvalue weighted by Gasteiger charge is -1.98. The molecule has 3 heteroatoms. The fourth-order valence-corrected chi connectivity index (χ4v) is 1.18. The maximum absolute atomic E-state index is 5.59. The number of hydrogen-bond donors (Lipinski definition) is 1. The molecule has 0 saturated carbocycles. The molecule has 0 aromatic heterocycles. The van der Waals surface area contributed by atoms with Crippen molar-refractivity contribution in [1.82, 2.24) is 0 Å². The maximum atomic E-state index is 5.59. The van der Waals surface area contributed by atoms with Crippen molar-refractivity contribution in [3.05, 3.63) is 34.3 Å². The molecule has 0 aliphatic carbocycles. The Bertz CT molecular complexity index is 281. The maximum Gasteiger partial charge on any atom is 0.125 e. The van der Waals surface area contributed by atoms with E-state index in [4.69, 9.17) is 5.73 Å². The number of rotatable bonds is 1. The van der Waals surface area contributed by atoms with Crippen molar-refractivity contribution in [2.75, 3.05) is 7.05 Å². The standard InChI is InChI=1S/C8H9BrN2/c1-11-8(10)6-3-2-4-7(9)5-6/h2-5H,1H3,(H2,10,11). The molecule has 0 fully saturated rings. The van der Waals surface area contributed by atoms with Gasteiger partial charge in [0.05, 0.1) is 0 Å². The van der Waals surface area contributed by atoms with Crippen LogP contribution in [0.4, 0.5) is 0 Å². The molecule has 1 aromatic carbocycles. The normalized spacial score (nSPS) is 11.6. The van der Waals surface area contributed by atoms with Crippen molar-refractivity contribution in [2.24, 2.45) is 10.7 Å². The van der Waals surface area contributed by atoms with Crippen LogP contribution < -0.4 is 5.73 Å². The molecule has 0 atom stereocenters. The lowest BCUT2D eigenvalue weighted by atomic mass is 10.2. The summed E-state index contributed by atoms with van der Waals surface area (Å²) in [4.78, 5) is 3.87. The lowest BCUT2D eigenvalue weighted by molar-refractivity contribution is 1.39. The van der Waals surface area contributed by atoms with Crippen LogP contribution in [0.25, 0.3) is 0 Å². The Morgan fingerprint density at radius 1 is 1.55 bits per heavy atom. The minimum Gasteiger partial charge on any atom is -0.384 e. The smallest absolute Gasteiger partial charge is 0.125 e. The van der Waals surface area contributed by atoms with E-state index < -0.39 is 0 Å². The first-order valence-corrected chi connectivity index (χ1v) is 4.01. The molecule has 0 saturated heterocycles. The molecular formula is C8H9BrN2. The number of hydrogen-bond acceptors (Lipinski definition) is 1. The SMILES string of the molecule is CN=C(N)c1cccc(Br)c1. The van der Waals surface area contributed by atoms with Gasteiger partial charge < -0.3 is 5.73 Å². The second-order valence-electron chi connectivity index (χ2n) is 2.12. The van der Waals surface area contributed by atoms with Crippen LogP contribution in [0.5, 0.6) is 0 Å². The number of amidine groups is 1. The zero-order chi connectivity index (χ0) is 8.27. The summed E-state index contributed by atoms with van der Waals surface area (Å²) < 4.78 is 1.02. The van der Waals surface area contributed by atoms with Crippen LogP contribution in [0.3, 0.4) is 0 Å². The predicted octanol–water partition coefficient (Wildman–Crippen LogP) is 1.78. The predicted molar refractivity (Wildman–Crippen MR) is 50.8 cm³/mol. The van der Waals surface area contributed by atoms with E-state index in [-0.39, 0.29) is 0 Å². The molecular weight excluding hydrogens is 204 g/mol. The molecule has 0 amide bonds. The van der Waals surface area contributed by atoms with Gasteiger partial charge in [-0.1, -0.05) is 28.1 Å². The van der Waals surface area contributed by atoms with Crippen LogP contribution in [0.15, 0.2) is 33.7 Å². The Morgan fingerprint density at radius 2 is 2.27 bits per heavy atom. The summed E-state index contributed by atoms with van der Waals surface area (Å²) in [6, 6.07) is 7.74. The Labute approximate surface area is 74.3 Å². The van der Waals surface area contributed by atoms with Crippen molar-refractivity contribution in [1.29, 1.82) is 0 Å². The molecule has 0 bridgehead atoms. The highest BCUT2D eigenvalue weighted by molar-refractivity contribution is 9.10. The minimum atomic E-state index is 0.561. The van der Waals surface area contributed by atoms with Crippen molar-refractivity contribution < 1.29 is 0 Å². The average Bonchev–Trinajstić information content (AvgIpc) is 2.03. The van der Waals surface area contributed by atoms with Crippen LogP contribution in [-0.2, 0) is 0 Å². The molecule has 1 aromatic rings. The van der Waals surface area contributed by atoms with Gasteiger partial charge in [-0.2, -0.15) is 0 Å². The Kier molecular flexibility index (Phi) is 2.65. The minimum absolute atomic E-state index is 0.561. The van der Waals surface area contributed by atoms with Crippen LogP contribution in [0.1, 0.15) is 5.56 Å². The van der Waals surface area contributed by atoms with E-state index in [0.717, 1.165) is 10.0 Å². The third-order valence-electron chi connectivity index (χ3n) is 1.36. The first-order chi connectivity index (χ1) is 5.24. The van der Waals surface area contributed by atoms with Gasteiger partial charge in [0.25, 0.3) is 0 Å². The summed E-state index contributed by atoms with van der Waals surface area (Å²) in [5.41, 5.74) is 6.54. The highest BCUT2D eigenvalue weighted by Crippen LogP contribution is 2.10. The fraction of sp³-hybridized carbons (Fsp3) is 0.125. The zero-order valence-electron chi connectivity index (χ0n) is 6.21. The Balaban J connectivity index is 3.06. The summed E-state index contributed by atoms with van der Waals surface area (Å²) >= 11 is 3.35. The summed E-state index contributed by atoms with van der Waals surface area (Å²) in [6.07, 6.45) is 0. The van der Waals surface area contributed by atoms with E-state index in [2.05, 4.69) is 20.9 Å². The topological polar surface area (TPSA) is 38.4 Å². The van der Waals surface area contributed by atoms with Gasteiger partial charge in [-0.15, -0.1) is 0 Å². The molecule has 0 spiro atoms. The van der Waals surface area contributed by atoms with E-state index in [9.17, 15) is 0 Å². The molecule has 2 nitrogen and oxygen atoms in total. The van der Waals surface area contributed by atoms with Gasteiger partial charge in [-0.25, -0.2) is 0 Å². The number of halogens is 1. The van der Waals surface area contributed by atoms with Crippen molar-refractivity contribution in [3.8, 4) is 0 Å². The largest absolute Gasteiger partial charge is 0.384 e. The molecule has 58 valence electrons. The molecule has 0 unspecified atom stereocenters. The van der Waals surface area contributed by atoms with Gasteiger partial charge in [0.15, 0.2) is 0 Å². The van der Waals surface area contributed by atoms with Gasteiger partial charge in [0.1, 0.15) is 5.84 Å². The molecule has 0 heterocycles. The van der Waals surface area contributed by atoms with Crippen molar-refractivity contribution in [2.45, 2.75) is 0 Å². The van der Waals surface area contributed by atoms with E-state index in [1.165, 1.54) is 0 Å². The van der Waals surface area contributed by atoms with E-state index in [0.29, 0.717) is 5.84 Å². The molecule has 0 aliphatic heterocycles. The first-order valence-electron chi connectivity index (χ1n) is 3.22.